The lowest BCUT2D eigenvalue weighted by atomic mass is 9.59. The van der Waals surface area contributed by atoms with Crippen molar-refractivity contribution in [1.29, 1.82) is 0 Å². The monoisotopic (exact) mass is 476 g/mol. The van der Waals surface area contributed by atoms with Gasteiger partial charge in [0.25, 0.3) is 0 Å². The van der Waals surface area contributed by atoms with Crippen LogP contribution >= 0.6 is 0 Å². The van der Waals surface area contributed by atoms with E-state index in [1.807, 2.05) is 63.8 Å². The minimum atomic E-state index is -0.716. The Morgan fingerprint density at radius 1 is 1.00 bits per heavy atom. The molecule has 6 heteroatoms. The molecule has 0 aromatic heterocycles. The van der Waals surface area contributed by atoms with Gasteiger partial charge in [0.1, 0.15) is 5.60 Å². The largest absolute Gasteiger partial charge is 0.444 e. The first-order valence-corrected chi connectivity index (χ1v) is 12.8. The van der Waals surface area contributed by atoms with Crippen LogP contribution in [0.2, 0.25) is 0 Å². The summed E-state index contributed by atoms with van der Waals surface area (Å²) < 4.78 is 12.2. The van der Waals surface area contributed by atoms with Crippen molar-refractivity contribution < 1.29 is 19.1 Å². The van der Waals surface area contributed by atoms with E-state index < -0.39 is 11.3 Å². The molecule has 35 heavy (non-hydrogen) atoms. The molecule has 2 amide bonds. The van der Waals surface area contributed by atoms with Gasteiger partial charge in [-0.15, -0.1) is 0 Å². The molecule has 0 saturated carbocycles. The number of ether oxygens (including phenoxy) is 2. The molecule has 3 aliphatic heterocycles. The predicted octanol–water partition coefficient (Wildman–Crippen LogP) is 5.38. The van der Waals surface area contributed by atoms with Gasteiger partial charge in [-0.2, -0.15) is 0 Å². The molecule has 0 radical (unpaired) electrons. The fourth-order valence-corrected chi connectivity index (χ4v) is 6.54. The number of hydrogen-bond donors (Lipinski definition) is 0. The van der Waals surface area contributed by atoms with Crippen molar-refractivity contribution in [2.24, 2.45) is 5.92 Å². The highest BCUT2D eigenvalue weighted by Gasteiger charge is 2.68. The molecule has 3 atom stereocenters. The molecule has 0 unspecified atom stereocenters. The Kier molecular flexibility index (Phi) is 5.71. The van der Waals surface area contributed by atoms with E-state index >= 15 is 0 Å². The summed E-state index contributed by atoms with van der Waals surface area (Å²) in [6, 6.07) is 18.5. The second-order valence-electron chi connectivity index (χ2n) is 11.0. The number of hydrogen-bond acceptors (Lipinski definition) is 4. The number of carbonyl (C=O) groups excluding carboxylic acids is 2. The number of rotatable bonds is 1. The van der Waals surface area contributed by atoms with Gasteiger partial charge in [0.05, 0.1) is 12.6 Å². The summed E-state index contributed by atoms with van der Waals surface area (Å²) >= 11 is 0. The van der Waals surface area contributed by atoms with E-state index in [1.165, 1.54) is 5.56 Å². The molecule has 4 aliphatic rings. The molecule has 3 heterocycles. The van der Waals surface area contributed by atoms with Gasteiger partial charge in [0, 0.05) is 36.4 Å². The van der Waals surface area contributed by atoms with Crippen LogP contribution in [0.25, 0.3) is 0 Å². The number of fused-ring (bicyclic) bond motifs is 2. The topological polar surface area (TPSA) is 59.1 Å². The summed E-state index contributed by atoms with van der Waals surface area (Å²) in [7, 11) is 0. The first-order valence-electron chi connectivity index (χ1n) is 12.8. The molecule has 186 valence electrons. The summed E-state index contributed by atoms with van der Waals surface area (Å²) in [5.41, 5.74) is 2.01. The maximum Gasteiger partial charge on any atom is 0.410 e. The van der Waals surface area contributed by atoms with E-state index in [4.69, 9.17) is 9.47 Å². The summed E-state index contributed by atoms with van der Waals surface area (Å²) in [5, 5.41) is 0. The zero-order chi connectivity index (χ0) is 25.0. The number of nitrogens with zero attached hydrogens (tertiary/aromatic N) is 2. The maximum atomic E-state index is 13.4. The predicted molar refractivity (Wildman–Crippen MR) is 134 cm³/mol. The number of carbonyl (C=O) groups is 2. The van der Waals surface area contributed by atoms with Crippen LogP contribution in [0.3, 0.4) is 0 Å². The Morgan fingerprint density at radius 2 is 1.63 bits per heavy atom. The average Bonchev–Trinajstić information content (AvgIpc) is 3.34. The van der Waals surface area contributed by atoms with Crippen LogP contribution < -0.4 is 0 Å². The van der Waals surface area contributed by atoms with Crippen LogP contribution in [0.15, 0.2) is 54.6 Å². The normalized spacial score (nSPS) is 27.9. The number of likely N-dealkylation sites (tertiary alicyclic amines) is 1. The molecular formula is C29H36N2O4. The highest BCUT2D eigenvalue weighted by atomic mass is 16.6. The quantitative estimate of drug-likeness (QED) is 0.555. The van der Waals surface area contributed by atoms with E-state index in [1.54, 1.807) is 4.90 Å². The molecule has 0 N–H and O–H groups in total. The Balaban J connectivity index is 0.00000124. The lowest BCUT2D eigenvalue weighted by Crippen LogP contribution is -2.66. The van der Waals surface area contributed by atoms with Crippen LogP contribution in [0, 0.1) is 5.92 Å². The molecule has 3 saturated heterocycles. The van der Waals surface area contributed by atoms with Crippen molar-refractivity contribution in [3.8, 4) is 0 Å². The van der Waals surface area contributed by atoms with Crippen LogP contribution in [-0.4, -0.2) is 47.1 Å². The van der Waals surface area contributed by atoms with Crippen molar-refractivity contribution in [3.05, 3.63) is 71.3 Å². The second kappa shape index (κ2) is 8.37. The van der Waals surface area contributed by atoms with Gasteiger partial charge < -0.3 is 19.3 Å². The number of benzene rings is 2. The highest BCUT2D eigenvalue weighted by molar-refractivity contribution is 5.82. The first kappa shape index (κ1) is 23.9. The molecule has 2 aromatic carbocycles. The van der Waals surface area contributed by atoms with Crippen molar-refractivity contribution in [2.75, 3.05) is 19.7 Å². The second-order valence-corrected chi connectivity index (χ2v) is 11.0. The third-order valence-electron chi connectivity index (χ3n) is 7.72. The molecule has 2 aromatic rings. The lowest BCUT2D eigenvalue weighted by molar-refractivity contribution is -0.149. The highest BCUT2D eigenvalue weighted by Crippen LogP contribution is 2.62. The van der Waals surface area contributed by atoms with Gasteiger partial charge in [0.15, 0.2) is 5.72 Å². The van der Waals surface area contributed by atoms with Crippen molar-refractivity contribution in [1.82, 2.24) is 9.80 Å². The molecule has 6 nitrogen and oxygen atoms in total. The minimum Gasteiger partial charge on any atom is -0.444 e. The van der Waals surface area contributed by atoms with Gasteiger partial charge >= 0.3 is 6.09 Å². The van der Waals surface area contributed by atoms with Crippen LogP contribution in [-0.2, 0) is 25.4 Å². The van der Waals surface area contributed by atoms with Crippen molar-refractivity contribution >= 4 is 12.0 Å². The smallest absolute Gasteiger partial charge is 0.410 e. The van der Waals surface area contributed by atoms with E-state index in [-0.39, 0.29) is 29.4 Å². The molecule has 0 bridgehead atoms. The lowest BCUT2D eigenvalue weighted by Gasteiger charge is -2.57. The zero-order valence-electron chi connectivity index (χ0n) is 21.4. The van der Waals surface area contributed by atoms with Crippen LogP contribution in [0.5, 0.6) is 0 Å². The van der Waals surface area contributed by atoms with Crippen molar-refractivity contribution in [3.63, 3.8) is 0 Å². The van der Waals surface area contributed by atoms with Crippen LogP contribution in [0.1, 0.15) is 70.2 Å². The Hall–Kier alpha value is -2.86. The zero-order valence-corrected chi connectivity index (χ0v) is 21.4. The summed E-state index contributed by atoms with van der Waals surface area (Å²) in [4.78, 5) is 29.9. The van der Waals surface area contributed by atoms with Crippen LogP contribution in [0.4, 0.5) is 4.79 Å². The third kappa shape index (κ3) is 3.56. The van der Waals surface area contributed by atoms with Gasteiger partial charge in [-0.05, 0) is 38.3 Å². The minimum absolute atomic E-state index is 0.0643. The fourth-order valence-electron chi connectivity index (χ4n) is 6.54. The maximum absolute atomic E-state index is 13.4. The fraction of sp³-hybridized carbons (Fsp3) is 0.517. The van der Waals surface area contributed by atoms with E-state index in [2.05, 4.69) is 30.3 Å². The van der Waals surface area contributed by atoms with Gasteiger partial charge in [-0.3, -0.25) is 4.79 Å². The average molecular weight is 477 g/mol. The van der Waals surface area contributed by atoms with Gasteiger partial charge in [-0.25, -0.2) is 4.79 Å². The third-order valence-corrected chi connectivity index (χ3v) is 7.72. The Bertz CT molecular complexity index is 1120. The van der Waals surface area contributed by atoms with E-state index in [0.29, 0.717) is 26.1 Å². The molecule has 3 fully saturated rings. The van der Waals surface area contributed by atoms with E-state index in [9.17, 15) is 9.59 Å². The van der Waals surface area contributed by atoms with Crippen molar-refractivity contribution in [2.45, 2.75) is 70.2 Å². The first-order chi connectivity index (χ1) is 16.7. The SMILES string of the molecule is CC.CC(C)(C)OC(=O)N1CC2(C[C@@H]3CC(=O)N4[C@@H](c5ccccc5)CO[C@@]34c3ccccc32)C1. The summed E-state index contributed by atoms with van der Waals surface area (Å²) in [5.74, 6) is 0.218. The molecular weight excluding hydrogens is 440 g/mol. The summed E-state index contributed by atoms with van der Waals surface area (Å²) in [6.45, 7) is 11.4. The molecule has 1 aliphatic carbocycles. The van der Waals surface area contributed by atoms with Gasteiger partial charge in [-0.1, -0.05) is 68.4 Å². The van der Waals surface area contributed by atoms with Gasteiger partial charge in [0.2, 0.25) is 5.91 Å². The number of amides is 2. The van der Waals surface area contributed by atoms with E-state index in [0.717, 1.165) is 17.5 Å². The Morgan fingerprint density at radius 3 is 2.29 bits per heavy atom. The standard InChI is InChI=1S/C27H30N2O4.C2H6/c1-25(2,3)33-24(31)28-16-26(17-28)14-19-13-23(30)29-22(18-9-5-4-6-10-18)15-32-27(19,29)21-12-8-7-11-20(21)26;1-2/h4-12,19,22H,13-17H2,1-3H3;1-2H3/t19-,22+,27+;/m0./s1. The summed E-state index contributed by atoms with van der Waals surface area (Å²) in [6.07, 6.45) is 1.04. The Labute approximate surface area is 208 Å². The molecule has 6 rings (SSSR count). The molecule has 2 spiro atoms.